The van der Waals surface area contributed by atoms with E-state index in [1.165, 1.54) is 16.7 Å². The summed E-state index contributed by atoms with van der Waals surface area (Å²) in [5.41, 5.74) is 2.62. The van der Waals surface area contributed by atoms with Gasteiger partial charge in [-0.05, 0) is 43.3 Å². The number of amides is 4. The van der Waals surface area contributed by atoms with Crippen LogP contribution in [0.5, 0.6) is 0 Å². The number of fused-ring (bicyclic) bond motifs is 1. The number of nitrogens with zero attached hydrogens (tertiary/aromatic N) is 3. The average Bonchev–Trinajstić information content (AvgIpc) is 3.37. The van der Waals surface area contributed by atoms with Gasteiger partial charge < -0.3 is 10.2 Å². The van der Waals surface area contributed by atoms with E-state index in [0.29, 0.717) is 34.0 Å². The van der Waals surface area contributed by atoms with Gasteiger partial charge in [-0.1, -0.05) is 11.6 Å². The summed E-state index contributed by atoms with van der Waals surface area (Å²) in [6.45, 7) is 1.81. The normalized spacial score (nSPS) is 17.3. The van der Waals surface area contributed by atoms with Gasteiger partial charge in [-0.15, -0.1) is 11.8 Å². The fourth-order valence-corrected chi connectivity index (χ4v) is 4.90. The fourth-order valence-electron chi connectivity index (χ4n) is 3.72. The molecule has 0 spiro atoms. The van der Waals surface area contributed by atoms with E-state index in [-0.39, 0.29) is 24.8 Å². The fraction of sp³-hybridized carbons (Fsp3) is 0.261. The van der Waals surface area contributed by atoms with E-state index in [0.717, 1.165) is 10.5 Å². The molecule has 1 atom stereocenters. The maximum atomic E-state index is 12.8. The molecule has 0 aliphatic carbocycles. The molecular weight excluding hydrogens is 428 g/mol. The molecule has 2 aliphatic rings. The van der Waals surface area contributed by atoms with Crippen molar-refractivity contribution in [1.82, 2.24) is 9.80 Å². The minimum atomic E-state index is -0.645. The molecule has 1 fully saturated rings. The first-order valence-electron chi connectivity index (χ1n) is 10.0. The van der Waals surface area contributed by atoms with E-state index in [1.807, 2.05) is 13.0 Å². The molecule has 2 heterocycles. The van der Waals surface area contributed by atoms with E-state index in [1.54, 1.807) is 42.5 Å². The highest BCUT2D eigenvalue weighted by Crippen LogP contribution is 2.26. The number of carbonyl (C=O) groups is 4. The minimum Gasteiger partial charge on any atom is -0.324 e. The van der Waals surface area contributed by atoms with Crippen molar-refractivity contribution in [1.29, 1.82) is 5.26 Å². The standard InChI is InChI=1S/C23H20N4O4S/c1-14-2-7-17-18(10-14)23(31)26(22(17)30)9-8-20(28)27-13-32-12-19(27)21(29)25-16-5-3-15(11-24)4-6-16/h2-7,10,19H,8-9,12-13H2,1H3,(H,25,29). The Kier molecular flexibility index (Phi) is 5.97. The zero-order chi connectivity index (χ0) is 22.8. The number of hydrogen-bond acceptors (Lipinski definition) is 6. The summed E-state index contributed by atoms with van der Waals surface area (Å²) in [5, 5.41) is 11.6. The zero-order valence-electron chi connectivity index (χ0n) is 17.3. The number of anilines is 1. The van der Waals surface area contributed by atoms with Crippen molar-refractivity contribution < 1.29 is 19.2 Å². The van der Waals surface area contributed by atoms with Gasteiger partial charge in [0, 0.05) is 24.4 Å². The first-order chi connectivity index (χ1) is 15.4. The highest BCUT2D eigenvalue weighted by atomic mass is 32.2. The average molecular weight is 449 g/mol. The summed E-state index contributed by atoms with van der Waals surface area (Å²) in [6, 6.07) is 12.9. The second kappa shape index (κ2) is 8.85. The molecule has 2 aliphatic heterocycles. The molecule has 8 nitrogen and oxygen atoms in total. The summed E-state index contributed by atoms with van der Waals surface area (Å²) in [5.74, 6) is -0.575. The summed E-state index contributed by atoms with van der Waals surface area (Å²) in [7, 11) is 0. The van der Waals surface area contributed by atoms with Crippen LogP contribution in [0.1, 0.15) is 38.3 Å². The lowest BCUT2D eigenvalue weighted by Crippen LogP contribution is -2.45. The smallest absolute Gasteiger partial charge is 0.261 e. The number of thioether (sulfide) groups is 1. The number of hydrogen-bond donors (Lipinski definition) is 1. The predicted molar refractivity (Wildman–Crippen MR) is 119 cm³/mol. The number of imide groups is 1. The van der Waals surface area contributed by atoms with Crippen LogP contribution in [0.3, 0.4) is 0 Å². The first-order valence-corrected chi connectivity index (χ1v) is 11.2. The van der Waals surface area contributed by atoms with E-state index in [4.69, 9.17) is 5.26 Å². The first kappa shape index (κ1) is 21.6. The van der Waals surface area contributed by atoms with Gasteiger partial charge >= 0.3 is 0 Å². The SMILES string of the molecule is Cc1ccc2c(c1)C(=O)N(CCC(=O)N1CSCC1C(=O)Nc1ccc(C#N)cc1)C2=O. The van der Waals surface area contributed by atoms with Gasteiger partial charge in [0.15, 0.2) is 0 Å². The molecular formula is C23H20N4O4S. The second-order valence-corrected chi connectivity index (χ2v) is 8.62. The minimum absolute atomic E-state index is 0.0324. The number of benzene rings is 2. The molecule has 0 bridgehead atoms. The Hall–Kier alpha value is -3.64. The number of aryl methyl sites for hydroxylation is 1. The van der Waals surface area contributed by atoms with Crippen molar-refractivity contribution in [2.75, 3.05) is 23.5 Å². The highest BCUT2D eigenvalue weighted by molar-refractivity contribution is 7.99. The molecule has 1 N–H and O–H groups in total. The van der Waals surface area contributed by atoms with E-state index in [9.17, 15) is 19.2 Å². The molecule has 1 saturated heterocycles. The van der Waals surface area contributed by atoms with Gasteiger partial charge in [0.05, 0.1) is 28.6 Å². The van der Waals surface area contributed by atoms with Gasteiger partial charge in [-0.25, -0.2) is 0 Å². The van der Waals surface area contributed by atoms with Crippen molar-refractivity contribution in [3.05, 3.63) is 64.7 Å². The van der Waals surface area contributed by atoms with Gasteiger partial charge in [-0.3, -0.25) is 24.1 Å². The molecule has 4 rings (SSSR count). The summed E-state index contributed by atoms with van der Waals surface area (Å²) in [4.78, 5) is 53.3. The van der Waals surface area contributed by atoms with Crippen LogP contribution in [0, 0.1) is 18.3 Å². The van der Waals surface area contributed by atoms with Crippen LogP contribution in [0.25, 0.3) is 0 Å². The summed E-state index contributed by atoms with van der Waals surface area (Å²) >= 11 is 1.47. The van der Waals surface area contributed by atoms with Crippen molar-refractivity contribution in [3.63, 3.8) is 0 Å². The van der Waals surface area contributed by atoms with Crippen LogP contribution in [0.2, 0.25) is 0 Å². The van der Waals surface area contributed by atoms with Gasteiger partial charge in [-0.2, -0.15) is 5.26 Å². The number of nitrogens with one attached hydrogen (secondary N) is 1. The summed E-state index contributed by atoms with van der Waals surface area (Å²) < 4.78 is 0. The van der Waals surface area contributed by atoms with Crippen molar-refractivity contribution >= 4 is 41.1 Å². The van der Waals surface area contributed by atoms with Crippen LogP contribution in [-0.4, -0.2) is 57.6 Å². The second-order valence-electron chi connectivity index (χ2n) is 7.62. The maximum Gasteiger partial charge on any atom is 0.261 e. The molecule has 32 heavy (non-hydrogen) atoms. The number of carbonyl (C=O) groups excluding carboxylic acids is 4. The predicted octanol–water partition coefficient (Wildman–Crippen LogP) is 2.39. The van der Waals surface area contributed by atoms with Gasteiger partial charge in [0.25, 0.3) is 11.8 Å². The van der Waals surface area contributed by atoms with E-state index < -0.39 is 17.9 Å². The Morgan fingerprint density at radius 2 is 1.84 bits per heavy atom. The van der Waals surface area contributed by atoms with Crippen LogP contribution in [0.4, 0.5) is 5.69 Å². The van der Waals surface area contributed by atoms with Crippen molar-refractivity contribution in [3.8, 4) is 6.07 Å². The van der Waals surface area contributed by atoms with Crippen molar-refractivity contribution in [2.45, 2.75) is 19.4 Å². The molecule has 0 saturated carbocycles. The monoisotopic (exact) mass is 448 g/mol. The van der Waals surface area contributed by atoms with Gasteiger partial charge in [0.1, 0.15) is 6.04 Å². The van der Waals surface area contributed by atoms with Crippen molar-refractivity contribution in [2.24, 2.45) is 0 Å². The van der Waals surface area contributed by atoms with Crippen LogP contribution >= 0.6 is 11.8 Å². The third kappa shape index (κ3) is 4.09. The van der Waals surface area contributed by atoms with Crippen LogP contribution < -0.4 is 5.32 Å². The molecule has 4 amide bonds. The number of rotatable bonds is 5. The zero-order valence-corrected chi connectivity index (χ0v) is 18.1. The Morgan fingerprint density at radius 1 is 1.12 bits per heavy atom. The topological polar surface area (TPSA) is 111 Å². The Morgan fingerprint density at radius 3 is 2.56 bits per heavy atom. The quantitative estimate of drug-likeness (QED) is 0.704. The van der Waals surface area contributed by atoms with E-state index in [2.05, 4.69) is 5.32 Å². The third-order valence-electron chi connectivity index (χ3n) is 5.46. The lowest BCUT2D eigenvalue weighted by atomic mass is 10.1. The molecule has 162 valence electrons. The molecule has 0 radical (unpaired) electrons. The highest BCUT2D eigenvalue weighted by Gasteiger charge is 2.38. The Bertz CT molecular complexity index is 1160. The molecule has 0 aromatic heterocycles. The van der Waals surface area contributed by atoms with Gasteiger partial charge in [0.2, 0.25) is 11.8 Å². The lowest BCUT2D eigenvalue weighted by Gasteiger charge is -2.24. The third-order valence-corrected chi connectivity index (χ3v) is 6.47. The van der Waals surface area contributed by atoms with E-state index >= 15 is 0 Å². The molecule has 2 aromatic rings. The summed E-state index contributed by atoms with van der Waals surface area (Å²) in [6.07, 6.45) is -0.0499. The largest absolute Gasteiger partial charge is 0.324 e. The van der Waals surface area contributed by atoms with Crippen LogP contribution in [-0.2, 0) is 9.59 Å². The molecule has 1 unspecified atom stereocenters. The Labute approximate surface area is 189 Å². The Balaban J connectivity index is 1.37. The molecule has 2 aromatic carbocycles. The number of nitriles is 1. The van der Waals surface area contributed by atoms with Crippen LogP contribution in [0.15, 0.2) is 42.5 Å². The lowest BCUT2D eigenvalue weighted by molar-refractivity contribution is -0.136. The maximum absolute atomic E-state index is 12.8. The molecule has 9 heteroatoms.